The van der Waals surface area contributed by atoms with E-state index >= 15 is 0 Å². The first-order chi connectivity index (χ1) is 7.06. The molecule has 1 aromatic rings. The number of aromatic amines is 1. The van der Waals surface area contributed by atoms with Crippen LogP contribution < -0.4 is 0 Å². The summed E-state index contributed by atoms with van der Waals surface area (Å²) in [6.07, 6.45) is -2.10. The normalized spacial score (nSPS) is 14.2. The molecule has 0 aliphatic heterocycles. The molecule has 1 rings (SSSR count). The molecule has 1 aromatic heterocycles. The Morgan fingerprint density at radius 1 is 1.73 bits per heavy atom. The number of aromatic nitrogens is 2. The predicted molar refractivity (Wildman–Crippen MR) is 46.4 cm³/mol. The zero-order valence-electron chi connectivity index (χ0n) is 7.49. The second-order valence-electron chi connectivity index (χ2n) is 2.79. The second kappa shape index (κ2) is 4.50. The average Bonchev–Trinajstić information content (AvgIpc) is 2.65. The largest absolute Gasteiger partial charge is 0.389 e. The van der Waals surface area contributed by atoms with E-state index in [1.54, 1.807) is 6.07 Å². The Hall–Kier alpha value is -1.98. The number of aliphatic hydroxyl groups is 2. The molecule has 3 N–H and O–H groups in total. The first-order valence-electron chi connectivity index (χ1n) is 3.98. The molecule has 0 aliphatic rings. The second-order valence-corrected chi connectivity index (χ2v) is 2.79. The molecular formula is C7H8N4O4. The molecule has 2 unspecified atom stereocenters. The van der Waals surface area contributed by atoms with E-state index in [1.807, 2.05) is 0 Å². The lowest BCUT2D eigenvalue weighted by atomic mass is 10.1. The molecule has 8 heteroatoms. The van der Waals surface area contributed by atoms with Gasteiger partial charge in [0.1, 0.15) is 12.3 Å². The fourth-order valence-corrected chi connectivity index (χ4v) is 0.957. The van der Waals surface area contributed by atoms with Crippen molar-refractivity contribution in [3.8, 4) is 6.07 Å². The Kier molecular flexibility index (Phi) is 3.33. The minimum Gasteiger partial charge on any atom is -0.389 e. The third kappa shape index (κ3) is 2.49. The Bertz CT molecular complexity index is 396. The molecule has 0 saturated heterocycles. The van der Waals surface area contributed by atoms with E-state index < -0.39 is 17.1 Å². The van der Waals surface area contributed by atoms with Crippen molar-refractivity contribution in [1.82, 2.24) is 9.97 Å². The highest BCUT2D eigenvalue weighted by molar-refractivity contribution is 5.16. The summed E-state index contributed by atoms with van der Waals surface area (Å²) in [6, 6.07) is 1.66. The smallest absolute Gasteiger partial charge is 0.340 e. The van der Waals surface area contributed by atoms with Crippen LogP contribution >= 0.6 is 0 Å². The molecule has 0 aromatic carbocycles. The average molecular weight is 212 g/mol. The van der Waals surface area contributed by atoms with E-state index in [0.29, 0.717) is 0 Å². The van der Waals surface area contributed by atoms with Crippen molar-refractivity contribution in [2.24, 2.45) is 0 Å². The molecule has 0 radical (unpaired) electrons. The standard InChI is InChI=1S/C7H8N4O4/c8-2-1-4(12)6(13)7-9-3-5(10-7)11(14)15/h3-4,6,12-13H,1H2,(H,9,10). The highest BCUT2D eigenvalue weighted by Gasteiger charge is 2.25. The van der Waals surface area contributed by atoms with Gasteiger partial charge < -0.3 is 20.3 Å². The van der Waals surface area contributed by atoms with Crippen LogP contribution in [0.3, 0.4) is 0 Å². The third-order valence-electron chi connectivity index (χ3n) is 1.72. The van der Waals surface area contributed by atoms with Gasteiger partial charge >= 0.3 is 5.82 Å². The monoisotopic (exact) mass is 212 g/mol. The van der Waals surface area contributed by atoms with Crippen LogP contribution in [0, 0.1) is 21.4 Å². The number of nitrogens with one attached hydrogen (secondary N) is 1. The molecule has 80 valence electrons. The molecule has 8 nitrogen and oxygen atoms in total. The van der Waals surface area contributed by atoms with Gasteiger partial charge in [-0.2, -0.15) is 5.26 Å². The molecule has 1 heterocycles. The van der Waals surface area contributed by atoms with E-state index in [-0.39, 0.29) is 18.1 Å². The van der Waals surface area contributed by atoms with Crippen molar-refractivity contribution < 1.29 is 15.1 Å². The summed E-state index contributed by atoms with van der Waals surface area (Å²) in [7, 11) is 0. The molecule has 2 atom stereocenters. The minimum atomic E-state index is -1.43. The quantitative estimate of drug-likeness (QED) is 0.459. The fourth-order valence-electron chi connectivity index (χ4n) is 0.957. The molecule has 0 saturated carbocycles. The summed E-state index contributed by atoms with van der Waals surface area (Å²) in [5.74, 6) is -0.516. The molecule has 0 aliphatic carbocycles. The number of rotatable bonds is 4. The maximum Gasteiger partial charge on any atom is 0.340 e. The maximum absolute atomic E-state index is 10.3. The predicted octanol–water partition coefficient (Wildman–Crippen LogP) is -0.374. The third-order valence-corrected chi connectivity index (χ3v) is 1.72. The van der Waals surface area contributed by atoms with Crippen molar-refractivity contribution >= 4 is 5.82 Å². The number of nitriles is 1. The van der Waals surface area contributed by atoms with Gasteiger partial charge in [-0.15, -0.1) is 0 Å². The van der Waals surface area contributed by atoms with Crippen LogP contribution in [0.2, 0.25) is 0 Å². The number of hydrogen-bond acceptors (Lipinski definition) is 6. The molecule has 0 amide bonds. The number of aliphatic hydroxyl groups excluding tert-OH is 2. The minimum absolute atomic E-state index is 0.135. The van der Waals surface area contributed by atoms with Gasteiger partial charge in [0.05, 0.1) is 12.5 Å². The summed E-state index contributed by atoms with van der Waals surface area (Å²) in [5.41, 5.74) is 0. The van der Waals surface area contributed by atoms with Crippen molar-refractivity contribution in [3.63, 3.8) is 0 Å². The van der Waals surface area contributed by atoms with Crippen LogP contribution in [-0.2, 0) is 0 Å². The highest BCUT2D eigenvalue weighted by Crippen LogP contribution is 2.17. The first-order valence-corrected chi connectivity index (χ1v) is 3.98. The number of nitro groups is 1. The van der Waals surface area contributed by atoms with Gasteiger partial charge in [-0.3, -0.25) is 0 Å². The van der Waals surface area contributed by atoms with Crippen molar-refractivity contribution in [2.75, 3.05) is 0 Å². The summed E-state index contributed by atoms with van der Waals surface area (Å²) >= 11 is 0. The van der Waals surface area contributed by atoms with Crippen LogP contribution in [-0.4, -0.2) is 31.2 Å². The van der Waals surface area contributed by atoms with Crippen LogP contribution in [0.15, 0.2) is 6.20 Å². The Labute approximate surface area is 84.0 Å². The van der Waals surface area contributed by atoms with Crippen molar-refractivity contribution in [2.45, 2.75) is 18.6 Å². The molecule has 0 spiro atoms. The zero-order valence-corrected chi connectivity index (χ0v) is 7.49. The summed E-state index contributed by atoms with van der Waals surface area (Å²) in [5, 5.41) is 37.2. The summed E-state index contributed by atoms with van der Waals surface area (Å²) in [4.78, 5) is 15.3. The Morgan fingerprint density at radius 3 is 2.87 bits per heavy atom. The zero-order chi connectivity index (χ0) is 11.4. The Morgan fingerprint density at radius 2 is 2.40 bits per heavy atom. The van der Waals surface area contributed by atoms with Gasteiger partial charge in [-0.1, -0.05) is 0 Å². The van der Waals surface area contributed by atoms with E-state index in [2.05, 4.69) is 9.97 Å². The lowest BCUT2D eigenvalue weighted by Gasteiger charge is -2.09. The molecule has 15 heavy (non-hydrogen) atoms. The van der Waals surface area contributed by atoms with Gasteiger partial charge in [0.2, 0.25) is 5.82 Å². The number of nitrogens with zero attached hydrogens (tertiary/aromatic N) is 3. The van der Waals surface area contributed by atoms with Crippen LogP contribution in [0.25, 0.3) is 0 Å². The van der Waals surface area contributed by atoms with Crippen molar-refractivity contribution in [1.29, 1.82) is 5.26 Å². The lowest BCUT2D eigenvalue weighted by Crippen LogP contribution is -2.18. The topological polar surface area (TPSA) is 136 Å². The first kappa shape index (κ1) is 11.1. The van der Waals surface area contributed by atoms with Gasteiger partial charge in [-0.25, -0.2) is 9.97 Å². The van der Waals surface area contributed by atoms with Gasteiger partial charge in [0.15, 0.2) is 6.10 Å². The van der Waals surface area contributed by atoms with Crippen LogP contribution in [0.4, 0.5) is 5.82 Å². The highest BCUT2D eigenvalue weighted by atomic mass is 16.6. The lowest BCUT2D eigenvalue weighted by molar-refractivity contribution is -0.389. The molecular weight excluding hydrogens is 204 g/mol. The summed E-state index contributed by atoms with van der Waals surface area (Å²) < 4.78 is 0. The summed E-state index contributed by atoms with van der Waals surface area (Å²) in [6.45, 7) is 0. The van der Waals surface area contributed by atoms with Crippen LogP contribution in [0.5, 0.6) is 0 Å². The van der Waals surface area contributed by atoms with Crippen LogP contribution in [0.1, 0.15) is 18.3 Å². The number of imidazole rings is 1. The number of H-pyrrole nitrogens is 1. The maximum atomic E-state index is 10.3. The Balaban J connectivity index is 2.78. The van der Waals surface area contributed by atoms with E-state index in [0.717, 1.165) is 6.20 Å². The number of hydrogen-bond donors (Lipinski definition) is 3. The van der Waals surface area contributed by atoms with E-state index in [4.69, 9.17) is 5.26 Å². The van der Waals surface area contributed by atoms with Gasteiger partial charge in [-0.05, 0) is 4.92 Å². The van der Waals surface area contributed by atoms with Crippen molar-refractivity contribution in [3.05, 3.63) is 22.1 Å². The van der Waals surface area contributed by atoms with E-state index in [9.17, 15) is 20.3 Å². The van der Waals surface area contributed by atoms with Gasteiger partial charge in [0.25, 0.3) is 0 Å². The van der Waals surface area contributed by atoms with E-state index in [1.165, 1.54) is 0 Å². The molecule has 0 fully saturated rings. The van der Waals surface area contributed by atoms with Gasteiger partial charge in [0, 0.05) is 0 Å². The molecule has 0 bridgehead atoms. The SMILES string of the molecule is N#CCC(O)C(O)c1ncc([N+](=O)[O-])[nH]1. The fraction of sp³-hybridized carbons (Fsp3) is 0.429.